The van der Waals surface area contributed by atoms with E-state index in [1.807, 2.05) is 34.6 Å². The maximum atomic E-state index is 12.6. The molecule has 2 rings (SSSR count). The highest BCUT2D eigenvalue weighted by molar-refractivity contribution is 5.94. The largest absolute Gasteiger partial charge is 0.444 e. The molecule has 0 atom stereocenters. The number of hydrogen-bond acceptors (Lipinski definition) is 3. The SMILES string of the molecule is CC(C)C(=O)C12CCC(CC1)N2C(=O)OC(C)(C)C. The number of carbonyl (C=O) groups excluding carboxylic acids is 2. The zero-order valence-electron chi connectivity index (χ0n) is 12.7. The molecule has 108 valence electrons. The van der Waals surface area contributed by atoms with E-state index < -0.39 is 11.1 Å². The average molecular weight is 267 g/mol. The summed E-state index contributed by atoms with van der Waals surface area (Å²) >= 11 is 0. The van der Waals surface area contributed by atoms with Gasteiger partial charge in [-0.05, 0) is 46.5 Å². The van der Waals surface area contributed by atoms with Crippen molar-refractivity contribution >= 4 is 11.9 Å². The smallest absolute Gasteiger partial charge is 0.411 e. The fraction of sp³-hybridized carbons (Fsp3) is 0.867. The third-order valence-corrected chi connectivity index (χ3v) is 4.18. The molecule has 0 spiro atoms. The summed E-state index contributed by atoms with van der Waals surface area (Å²) < 4.78 is 5.49. The molecule has 0 saturated carbocycles. The first-order valence-corrected chi connectivity index (χ1v) is 7.24. The minimum atomic E-state index is -0.582. The zero-order chi connectivity index (χ0) is 14.4. The van der Waals surface area contributed by atoms with E-state index in [1.54, 1.807) is 4.90 Å². The van der Waals surface area contributed by atoms with Gasteiger partial charge in [-0.2, -0.15) is 0 Å². The normalized spacial score (nSPS) is 30.0. The summed E-state index contributed by atoms with van der Waals surface area (Å²) in [6, 6.07) is 0.192. The molecular formula is C15H25NO3. The monoisotopic (exact) mass is 267 g/mol. The van der Waals surface area contributed by atoms with Crippen molar-refractivity contribution in [3.63, 3.8) is 0 Å². The van der Waals surface area contributed by atoms with Crippen molar-refractivity contribution < 1.29 is 14.3 Å². The van der Waals surface area contributed by atoms with Gasteiger partial charge in [-0.15, -0.1) is 0 Å². The number of Topliss-reactive ketones (excluding diaryl/α,β-unsaturated/α-hetero) is 1. The van der Waals surface area contributed by atoms with Gasteiger partial charge >= 0.3 is 6.09 Å². The number of amides is 1. The molecule has 2 fully saturated rings. The number of ketones is 1. The highest BCUT2D eigenvalue weighted by Gasteiger charge is 2.59. The van der Waals surface area contributed by atoms with Gasteiger partial charge in [-0.1, -0.05) is 13.8 Å². The van der Waals surface area contributed by atoms with E-state index in [2.05, 4.69) is 0 Å². The molecule has 2 heterocycles. The Morgan fingerprint density at radius 3 is 2.16 bits per heavy atom. The predicted octanol–water partition coefficient (Wildman–Crippen LogP) is 3.14. The second-order valence-electron chi connectivity index (χ2n) is 7.13. The molecule has 0 aromatic heterocycles. The molecule has 4 nitrogen and oxygen atoms in total. The maximum Gasteiger partial charge on any atom is 0.411 e. The number of hydrogen-bond donors (Lipinski definition) is 0. The molecule has 0 unspecified atom stereocenters. The Morgan fingerprint density at radius 2 is 1.74 bits per heavy atom. The molecule has 0 aromatic carbocycles. The third-order valence-electron chi connectivity index (χ3n) is 4.18. The number of ether oxygens (including phenoxy) is 1. The number of fused-ring (bicyclic) bond motifs is 2. The highest BCUT2D eigenvalue weighted by Crippen LogP contribution is 2.48. The van der Waals surface area contributed by atoms with Crippen LogP contribution in [0.4, 0.5) is 4.79 Å². The summed E-state index contributed by atoms with van der Waals surface area (Å²) in [5, 5.41) is 0. The Bertz CT molecular complexity index is 387. The van der Waals surface area contributed by atoms with Crippen LogP contribution < -0.4 is 0 Å². The molecule has 19 heavy (non-hydrogen) atoms. The van der Waals surface area contributed by atoms with Gasteiger partial charge in [0, 0.05) is 12.0 Å². The van der Waals surface area contributed by atoms with Crippen molar-refractivity contribution in [2.24, 2.45) is 5.92 Å². The first kappa shape index (κ1) is 14.4. The Hall–Kier alpha value is -1.06. The molecule has 0 N–H and O–H groups in total. The topological polar surface area (TPSA) is 46.6 Å². The second-order valence-corrected chi connectivity index (χ2v) is 7.13. The van der Waals surface area contributed by atoms with Crippen LogP contribution in [0.2, 0.25) is 0 Å². The molecule has 2 aliphatic rings. The van der Waals surface area contributed by atoms with Crippen molar-refractivity contribution in [2.45, 2.75) is 77.5 Å². The lowest BCUT2D eigenvalue weighted by Crippen LogP contribution is -2.53. The predicted molar refractivity (Wildman–Crippen MR) is 72.9 cm³/mol. The van der Waals surface area contributed by atoms with Crippen LogP contribution in [0.15, 0.2) is 0 Å². The van der Waals surface area contributed by atoms with Gasteiger partial charge in [0.2, 0.25) is 0 Å². The fourth-order valence-electron chi connectivity index (χ4n) is 3.47. The van der Waals surface area contributed by atoms with Crippen molar-refractivity contribution in [1.82, 2.24) is 4.90 Å². The average Bonchev–Trinajstić information content (AvgIpc) is 2.81. The fourth-order valence-corrected chi connectivity index (χ4v) is 3.47. The van der Waals surface area contributed by atoms with Crippen molar-refractivity contribution in [3.05, 3.63) is 0 Å². The molecular weight excluding hydrogens is 242 g/mol. The van der Waals surface area contributed by atoms with Crippen molar-refractivity contribution in [3.8, 4) is 0 Å². The quantitative estimate of drug-likeness (QED) is 0.772. The minimum Gasteiger partial charge on any atom is -0.444 e. The van der Waals surface area contributed by atoms with Gasteiger partial charge in [-0.3, -0.25) is 9.69 Å². The summed E-state index contributed by atoms with van der Waals surface area (Å²) in [5.74, 6) is 0.153. The summed E-state index contributed by atoms with van der Waals surface area (Å²) in [7, 11) is 0. The van der Waals surface area contributed by atoms with Crippen LogP contribution in [0.1, 0.15) is 60.3 Å². The molecule has 4 heteroatoms. The Kier molecular flexibility index (Phi) is 3.40. The van der Waals surface area contributed by atoms with Crippen LogP contribution >= 0.6 is 0 Å². The number of rotatable bonds is 2. The van der Waals surface area contributed by atoms with E-state index in [-0.39, 0.29) is 23.8 Å². The van der Waals surface area contributed by atoms with Crippen molar-refractivity contribution in [2.75, 3.05) is 0 Å². The lowest BCUT2D eigenvalue weighted by molar-refractivity contribution is -0.131. The number of nitrogens with zero attached hydrogens (tertiary/aromatic N) is 1. The van der Waals surface area contributed by atoms with Gasteiger partial charge in [0.15, 0.2) is 5.78 Å². The molecule has 2 aliphatic heterocycles. The van der Waals surface area contributed by atoms with E-state index in [1.165, 1.54) is 0 Å². The van der Waals surface area contributed by atoms with Gasteiger partial charge < -0.3 is 4.74 Å². The first-order valence-electron chi connectivity index (χ1n) is 7.24. The maximum absolute atomic E-state index is 12.6. The van der Waals surface area contributed by atoms with Gasteiger partial charge in [-0.25, -0.2) is 4.79 Å². The molecule has 1 amide bonds. The molecule has 2 bridgehead atoms. The van der Waals surface area contributed by atoms with E-state index >= 15 is 0 Å². The first-order chi connectivity index (χ1) is 8.67. The lowest BCUT2D eigenvalue weighted by Gasteiger charge is -2.35. The third kappa shape index (κ3) is 2.37. The number of carbonyl (C=O) groups is 2. The van der Waals surface area contributed by atoms with E-state index in [0.717, 1.165) is 25.7 Å². The zero-order valence-corrected chi connectivity index (χ0v) is 12.7. The van der Waals surface area contributed by atoms with Crippen LogP contribution in [0.3, 0.4) is 0 Å². The van der Waals surface area contributed by atoms with E-state index in [0.29, 0.717) is 0 Å². The lowest BCUT2D eigenvalue weighted by atomic mass is 9.80. The van der Waals surface area contributed by atoms with Gasteiger partial charge in [0.25, 0.3) is 0 Å². The molecule has 2 saturated heterocycles. The van der Waals surface area contributed by atoms with Crippen LogP contribution in [0.5, 0.6) is 0 Å². The molecule has 0 aromatic rings. The minimum absolute atomic E-state index is 0.0400. The van der Waals surface area contributed by atoms with Crippen LogP contribution in [0, 0.1) is 5.92 Å². The van der Waals surface area contributed by atoms with Gasteiger partial charge in [0.05, 0.1) is 0 Å². The van der Waals surface area contributed by atoms with E-state index in [4.69, 9.17) is 4.74 Å². The Balaban J connectivity index is 2.24. The van der Waals surface area contributed by atoms with Gasteiger partial charge in [0.1, 0.15) is 11.1 Å². The second kappa shape index (κ2) is 4.50. The van der Waals surface area contributed by atoms with Crippen LogP contribution in [-0.2, 0) is 9.53 Å². The molecule has 0 radical (unpaired) electrons. The summed E-state index contributed by atoms with van der Waals surface area (Å²) in [5.41, 5.74) is -1.09. The van der Waals surface area contributed by atoms with Crippen LogP contribution in [0.25, 0.3) is 0 Å². The summed E-state index contributed by atoms with van der Waals surface area (Å²) in [6.45, 7) is 9.41. The van der Waals surface area contributed by atoms with Crippen LogP contribution in [-0.4, -0.2) is 34.0 Å². The highest BCUT2D eigenvalue weighted by atomic mass is 16.6. The summed E-state index contributed by atoms with van der Waals surface area (Å²) in [4.78, 5) is 26.7. The standard InChI is InChI=1S/C15H25NO3/c1-10(2)12(17)15-8-6-11(7-9-15)16(15)13(18)19-14(3,4)5/h10-11H,6-9H2,1-5H3. The van der Waals surface area contributed by atoms with Crippen molar-refractivity contribution in [1.29, 1.82) is 0 Å². The molecule has 0 aliphatic carbocycles. The summed E-state index contributed by atoms with van der Waals surface area (Å²) in [6.07, 6.45) is 3.14. The Morgan fingerprint density at radius 1 is 1.21 bits per heavy atom. The Labute approximate surface area is 115 Å². The van der Waals surface area contributed by atoms with E-state index in [9.17, 15) is 9.59 Å².